The molecule has 2 heteroatoms. The van der Waals surface area contributed by atoms with Crippen LogP contribution in [0.4, 0.5) is 0 Å². The van der Waals surface area contributed by atoms with E-state index in [-0.39, 0.29) is 0 Å². The van der Waals surface area contributed by atoms with E-state index in [0.717, 1.165) is 12.0 Å². The van der Waals surface area contributed by atoms with Crippen LogP contribution < -0.4 is 0 Å². The van der Waals surface area contributed by atoms with Gasteiger partial charge < -0.3 is 10.2 Å². The maximum Gasteiger partial charge on any atom is 0.108 e. The Kier molecular flexibility index (Phi) is 4.51. The van der Waals surface area contributed by atoms with Crippen molar-refractivity contribution in [1.29, 1.82) is 0 Å². The van der Waals surface area contributed by atoms with Gasteiger partial charge >= 0.3 is 0 Å². The fourth-order valence-corrected chi connectivity index (χ4v) is 1.88. The molecule has 1 atom stereocenters. The van der Waals surface area contributed by atoms with E-state index in [1.165, 1.54) is 5.56 Å². The van der Waals surface area contributed by atoms with Gasteiger partial charge in [0, 0.05) is 0 Å². The highest BCUT2D eigenvalue weighted by molar-refractivity contribution is 5.25. The number of hydrogen-bond donors (Lipinski definition) is 2. The first-order chi connectivity index (χ1) is 7.57. The quantitative estimate of drug-likeness (QED) is 0.804. The molecule has 0 heterocycles. The van der Waals surface area contributed by atoms with Crippen LogP contribution in [0.3, 0.4) is 0 Å². The van der Waals surface area contributed by atoms with Crippen molar-refractivity contribution in [2.75, 3.05) is 0 Å². The Hall–Kier alpha value is -0.860. The van der Waals surface area contributed by atoms with E-state index in [2.05, 4.69) is 6.92 Å². The molecule has 0 amide bonds. The summed E-state index contributed by atoms with van der Waals surface area (Å²) in [5, 5.41) is 20.4. The molecule has 90 valence electrons. The van der Waals surface area contributed by atoms with Gasteiger partial charge in [0.2, 0.25) is 0 Å². The molecule has 0 saturated carbocycles. The molecule has 0 fully saturated rings. The normalized spacial score (nSPS) is 13.8. The summed E-state index contributed by atoms with van der Waals surface area (Å²) >= 11 is 0. The highest BCUT2D eigenvalue weighted by atomic mass is 16.3. The van der Waals surface area contributed by atoms with Crippen molar-refractivity contribution in [2.24, 2.45) is 0 Å². The van der Waals surface area contributed by atoms with Gasteiger partial charge in [-0.15, -0.1) is 0 Å². The summed E-state index contributed by atoms with van der Waals surface area (Å²) < 4.78 is 0. The maximum atomic E-state index is 10.2. The first-order valence-electron chi connectivity index (χ1n) is 6.06. The lowest BCUT2D eigenvalue weighted by molar-refractivity contribution is -0.0820. The first-order valence-corrected chi connectivity index (χ1v) is 6.06. The van der Waals surface area contributed by atoms with Crippen LogP contribution >= 0.6 is 0 Å². The summed E-state index contributed by atoms with van der Waals surface area (Å²) in [5.74, 6) is 0. The van der Waals surface area contributed by atoms with E-state index in [1.54, 1.807) is 0 Å². The van der Waals surface area contributed by atoms with E-state index in [1.807, 2.05) is 38.1 Å². The third-order valence-corrected chi connectivity index (χ3v) is 3.44. The standard InChI is InChI=1S/C14H22O2/c1-4-11-7-9-12(10-8-11)13(15)14(16,5-2)6-3/h7-10,13,15-16H,4-6H2,1-3H3. The minimum Gasteiger partial charge on any atom is -0.387 e. The van der Waals surface area contributed by atoms with Crippen LogP contribution in [0.2, 0.25) is 0 Å². The lowest BCUT2D eigenvalue weighted by atomic mass is 9.86. The number of aliphatic hydroxyl groups excluding tert-OH is 1. The predicted molar refractivity (Wildman–Crippen MR) is 66.3 cm³/mol. The molecule has 0 aromatic heterocycles. The van der Waals surface area contributed by atoms with Gasteiger partial charge in [-0.05, 0) is 30.4 Å². The fourth-order valence-electron chi connectivity index (χ4n) is 1.88. The van der Waals surface area contributed by atoms with Gasteiger partial charge in [0.1, 0.15) is 6.10 Å². The summed E-state index contributed by atoms with van der Waals surface area (Å²) in [6.45, 7) is 5.89. The third kappa shape index (κ3) is 2.63. The summed E-state index contributed by atoms with van der Waals surface area (Å²) in [6.07, 6.45) is 1.30. The van der Waals surface area contributed by atoms with E-state index >= 15 is 0 Å². The number of aryl methyl sites for hydroxylation is 1. The molecule has 0 saturated heterocycles. The monoisotopic (exact) mass is 222 g/mol. The molecule has 2 nitrogen and oxygen atoms in total. The molecule has 1 unspecified atom stereocenters. The van der Waals surface area contributed by atoms with Crippen LogP contribution in [0.1, 0.15) is 50.8 Å². The SMILES string of the molecule is CCc1ccc(C(O)C(O)(CC)CC)cc1. The Balaban J connectivity index is 2.90. The lowest BCUT2D eigenvalue weighted by Crippen LogP contribution is -2.34. The van der Waals surface area contributed by atoms with Crippen LogP contribution in [0, 0.1) is 0 Å². The molecule has 1 aromatic carbocycles. The van der Waals surface area contributed by atoms with Gasteiger partial charge in [0.25, 0.3) is 0 Å². The first kappa shape index (κ1) is 13.2. The Morgan fingerprint density at radius 1 is 1.06 bits per heavy atom. The summed E-state index contributed by atoms with van der Waals surface area (Å²) in [5.41, 5.74) is 1.03. The van der Waals surface area contributed by atoms with Gasteiger partial charge in [0.15, 0.2) is 0 Å². The lowest BCUT2D eigenvalue weighted by Gasteiger charge is -2.31. The molecule has 1 aromatic rings. The number of benzene rings is 1. The summed E-state index contributed by atoms with van der Waals surface area (Å²) in [4.78, 5) is 0. The summed E-state index contributed by atoms with van der Waals surface area (Å²) in [6, 6.07) is 7.81. The highest BCUT2D eigenvalue weighted by Crippen LogP contribution is 2.31. The second-order valence-corrected chi connectivity index (χ2v) is 4.31. The molecule has 16 heavy (non-hydrogen) atoms. The summed E-state index contributed by atoms with van der Waals surface area (Å²) in [7, 11) is 0. The second kappa shape index (κ2) is 5.46. The van der Waals surface area contributed by atoms with Crippen molar-refractivity contribution in [3.05, 3.63) is 35.4 Å². The maximum absolute atomic E-state index is 10.2. The molecule has 0 aliphatic heterocycles. The van der Waals surface area contributed by atoms with Gasteiger partial charge in [-0.3, -0.25) is 0 Å². The van der Waals surface area contributed by atoms with Crippen molar-refractivity contribution in [1.82, 2.24) is 0 Å². The fraction of sp³-hybridized carbons (Fsp3) is 0.571. The number of hydrogen-bond acceptors (Lipinski definition) is 2. The minimum atomic E-state index is -1.01. The van der Waals surface area contributed by atoms with Crippen molar-refractivity contribution in [2.45, 2.75) is 51.7 Å². The van der Waals surface area contributed by atoms with Crippen LogP contribution in [0.25, 0.3) is 0 Å². The van der Waals surface area contributed by atoms with Crippen molar-refractivity contribution in [3.63, 3.8) is 0 Å². The third-order valence-electron chi connectivity index (χ3n) is 3.44. The Morgan fingerprint density at radius 3 is 1.94 bits per heavy atom. The zero-order valence-corrected chi connectivity index (χ0v) is 10.4. The van der Waals surface area contributed by atoms with Crippen molar-refractivity contribution >= 4 is 0 Å². The van der Waals surface area contributed by atoms with Crippen LogP contribution in [-0.2, 0) is 6.42 Å². The molecule has 0 bridgehead atoms. The van der Waals surface area contributed by atoms with E-state index in [0.29, 0.717) is 12.8 Å². The largest absolute Gasteiger partial charge is 0.387 e. The zero-order chi connectivity index (χ0) is 12.2. The topological polar surface area (TPSA) is 40.5 Å². The molecular weight excluding hydrogens is 200 g/mol. The molecule has 2 N–H and O–H groups in total. The predicted octanol–water partition coefficient (Wildman–Crippen LogP) is 2.83. The van der Waals surface area contributed by atoms with Gasteiger partial charge in [-0.25, -0.2) is 0 Å². The Morgan fingerprint density at radius 2 is 1.56 bits per heavy atom. The Bertz CT molecular complexity index is 312. The average molecular weight is 222 g/mol. The van der Waals surface area contributed by atoms with E-state index in [9.17, 15) is 10.2 Å². The molecular formula is C14H22O2. The van der Waals surface area contributed by atoms with Gasteiger partial charge in [0.05, 0.1) is 5.60 Å². The second-order valence-electron chi connectivity index (χ2n) is 4.31. The van der Waals surface area contributed by atoms with Crippen LogP contribution in [-0.4, -0.2) is 15.8 Å². The smallest absolute Gasteiger partial charge is 0.108 e. The molecule has 0 aliphatic carbocycles. The van der Waals surface area contributed by atoms with Gasteiger partial charge in [-0.2, -0.15) is 0 Å². The molecule has 0 aliphatic rings. The average Bonchev–Trinajstić information content (AvgIpc) is 2.37. The van der Waals surface area contributed by atoms with E-state index < -0.39 is 11.7 Å². The van der Waals surface area contributed by atoms with E-state index in [4.69, 9.17) is 0 Å². The van der Waals surface area contributed by atoms with Gasteiger partial charge in [-0.1, -0.05) is 45.0 Å². The van der Waals surface area contributed by atoms with Crippen LogP contribution in [0.15, 0.2) is 24.3 Å². The Labute approximate surface area is 97.9 Å². The zero-order valence-electron chi connectivity index (χ0n) is 10.4. The van der Waals surface area contributed by atoms with Crippen LogP contribution in [0.5, 0.6) is 0 Å². The van der Waals surface area contributed by atoms with Crippen molar-refractivity contribution < 1.29 is 10.2 Å². The highest BCUT2D eigenvalue weighted by Gasteiger charge is 2.32. The number of aliphatic hydroxyl groups is 2. The molecule has 1 rings (SSSR count). The molecule has 0 radical (unpaired) electrons. The molecule has 0 spiro atoms. The minimum absolute atomic E-state index is 0.556. The number of rotatable bonds is 5. The van der Waals surface area contributed by atoms with Crippen molar-refractivity contribution in [3.8, 4) is 0 Å².